The number of nitrogens with one attached hydrogen (secondary N) is 1. The predicted octanol–water partition coefficient (Wildman–Crippen LogP) is 4.12. The summed E-state index contributed by atoms with van der Waals surface area (Å²) in [5, 5.41) is 3.00. The zero-order chi connectivity index (χ0) is 20.5. The number of aryl methyl sites for hydroxylation is 1. The van der Waals surface area contributed by atoms with Gasteiger partial charge in [-0.15, -0.1) is 0 Å². The first-order valence-corrected chi connectivity index (χ1v) is 10.1. The smallest absolute Gasteiger partial charge is 0.242 e. The minimum Gasteiger partial charge on any atom is -0.354 e. The van der Waals surface area contributed by atoms with Crippen molar-refractivity contribution in [2.24, 2.45) is 5.92 Å². The van der Waals surface area contributed by atoms with Gasteiger partial charge in [0.1, 0.15) is 6.04 Å². The summed E-state index contributed by atoms with van der Waals surface area (Å²) in [4.78, 5) is 27.8. The molecule has 0 fully saturated rings. The zero-order valence-corrected chi connectivity index (χ0v) is 17.4. The lowest BCUT2D eigenvalue weighted by Gasteiger charge is -2.31. The van der Waals surface area contributed by atoms with Crippen molar-refractivity contribution in [1.82, 2.24) is 10.2 Å². The van der Waals surface area contributed by atoms with Crippen LogP contribution in [0.25, 0.3) is 0 Å². The van der Waals surface area contributed by atoms with Crippen molar-refractivity contribution in [3.05, 3.63) is 71.3 Å². The van der Waals surface area contributed by atoms with E-state index in [9.17, 15) is 9.59 Å². The molecule has 0 unspecified atom stereocenters. The first-order valence-electron chi connectivity index (χ1n) is 10.1. The largest absolute Gasteiger partial charge is 0.354 e. The van der Waals surface area contributed by atoms with E-state index < -0.39 is 6.04 Å². The highest BCUT2D eigenvalue weighted by Crippen LogP contribution is 2.15. The molecule has 28 heavy (non-hydrogen) atoms. The minimum absolute atomic E-state index is 0.0285. The Morgan fingerprint density at radius 3 is 2.29 bits per heavy atom. The van der Waals surface area contributed by atoms with E-state index in [0.29, 0.717) is 31.8 Å². The highest BCUT2D eigenvalue weighted by Gasteiger charge is 2.28. The van der Waals surface area contributed by atoms with Crippen molar-refractivity contribution < 1.29 is 9.59 Å². The minimum atomic E-state index is -0.476. The van der Waals surface area contributed by atoms with E-state index in [-0.39, 0.29) is 11.8 Å². The molecule has 0 bridgehead atoms. The number of hydrogen-bond donors (Lipinski definition) is 1. The highest BCUT2D eigenvalue weighted by molar-refractivity contribution is 5.88. The Morgan fingerprint density at radius 2 is 1.68 bits per heavy atom. The van der Waals surface area contributed by atoms with Gasteiger partial charge in [-0.1, -0.05) is 80.9 Å². The molecule has 0 aliphatic rings. The van der Waals surface area contributed by atoms with E-state index in [1.165, 1.54) is 0 Å². The number of nitrogens with zero attached hydrogens (tertiary/aromatic N) is 1. The van der Waals surface area contributed by atoms with E-state index in [2.05, 4.69) is 25.2 Å². The first-order chi connectivity index (χ1) is 13.4. The number of carbonyl (C=O) groups is 2. The average Bonchev–Trinajstić information content (AvgIpc) is 2.67. The van der Waals surface area contributed by atoms with E-state index in [4.69, 9.17) is 0 Å². The second-order valence-electron chi connectivity index (χ2n) is 7.74. The standard InChI is InChI=1S/C24H32N2O2/c1-5-22(24(28)25-16-18(2)3)26(17-21-13-9-10-19(4)14-21)23(27)15-20-11-7-6-8-12-20/h6-14,18,22H,5,15-17H2,1-4H3,(H,25,28)/t22-/m1/s1. The first kappa shape index (κ1) is 21.7. The van der Waals surface area contributed by atoms with Gasteiger partial charge in [-0.25, -0.2) is 0 Å². The third-order valence-electron chi connectivity index (χ3n) is 4.70. The molecule has 0 heterocycles. The van der Waals surface area contributed by atoms with Gasteiger partial charge in [-0.05, 0) is 30.4 Å². The van der Waals surface area contributed by atoms with Crippen LogP contribution in [-0.4, -0.2) is 29.3 Å². The molecule has 2 rings (SSSR count). The van der Waals surface area contributed by atoms with Crippen LogP contribution in [0, 0.1) is 12.8 Å². The van der Waals surface area contributed by atoms with Gasteiger partial charge in [-0.3, -0.25) is 9.59 Å². The highest BCUT2D eigenvalue weighted by atomic mass is 16.2. The van der Waals surface area contributed by atoms with Gasteiger partial charge in [0.05, 0.1) is 6.42 Å². The monoisotopic (exact) mass is 380 g/mol. The molecule has 4 heteroatoms. The van der Waals surface area contributed by atoms with Gasteiger partial charge in [-0.2, -0.15) is 0 Å². The van der Waals surface area contributed by atoms with Crippen LogP contribution in [0.15, 0.2) is 54.6 Å². The lowest BCUT2D eigenvalue weighted by molar-refractivity contribution is -0.141. The maximum Gasteiger partial charge on any atom is 0.242 e. The Labute approximate surface area is 169 Å². The van der Waals surface area contributed by atoms with E-state index >= 15 is 0 Å². The Bertz CT molecular complexity index is 771. The van der Waals surface area contributed by atoms with Crippen LogP contribution in [-0.2, 0) is 22.6 Å². The van der Waals surface area contributed by atoms with Gasteiger partial charge in [0.2, 0.25) is 11.8 Å². The molecule has 0 aliphatic carbocycles. The maximum absolute atomic E-state index is 13.2. The summed E-state index contributed by atoms with van der Waals surface area (Å²) in [7, 11) is 0. The Balaban J connectivity index is 2.25. The number of hydrogen-bond acceptors (Lipinski definition) is 2. The van der Waals surface area contributed by atoms with Gasteiger partial charge in [0, 0.05) is 13.1 Å². The molecule has 1 N–H and O–H groups in total. The van der Waals surface area contributed by atoms with Crippen molar-refractivity contribution in [3.8, 4) is 0 Å². The lowest BCUT2D eigenvalue weighted by atomic mass is 10.1. The molecule has 0 saturated carbocycles. The molecule has 4 nitrogen and oxygen atoms in total. The summed E-state index contributed by atoms with van der Waals surface area (Å²) in [6, 6.07) is 17.3. The summed E-state index contributed by atoms with van der Waals surface area (Å²) in [5.41, 5.74) is 3.14. The number of benzene rings is 2. The van der Waals surface area contributed by atoms with Gasteiger partial charge in [0.25, 0.3) is 0 Å². The van der Waals surface area contributed by atoms with Crippen LogP contribution in [0.4, 0.5) is 0 Å². The topological polar surface area (TPSA) is 49.4 Å². The fraction of sp³-hybridized carbons (Fsp3) is 0.417. The average molecular weight is 381 g/mol. The van der Waals surface area contributed by atoms with Crippen LogP contribution < -0.4 is 5.32 Å². The second kappa shape index (κ2) is 10.6. The number of carbonyl (C=O) groups excluding carboxylic acids is 2. The van der Waals surface area contributed by atoms with Crippen molar-refractivity contribution in [3.63, 3.8) is 0 Å². The maximum atomic E-state index is 13.2. The van der Waals surface area contributed by atoms with Gasteiger partial charge >= 0.3 is 0 Å². The summed E-state index contributed by atoms with van der Waals surface area (Å²) < 4.78 is 0. The van der Waals surface area contributed by atoms with Crippen LogP contribution in [0.5, 0.6) is 0 Å². The van der Waals surface area contributed by atoms with Crippen LogP contribution in [0.2, 0.25) is 0 Å². The molecular formula is C24H32N2O2. The molecule has 150 valence electrons. The second-order valence-corrected chi connectivity index (χ2v) is 7.74. The van der Waals surface area contributed by atoms with Crippen molar-refractivity contribution >= 4 is 11.8 Å². The van der Waals surface area contributed by atoms with E-state index in [0.717, 1.165) is 16.7 Å². The SMILES string of the molecule is CC[C@H](C(=O)NCC(C)C)N(Cc1cccc(C)c1)C(=O)Cc1ccccc1. The normalized spacial score (nSPS) is 11.9. The van der Waals surface area contributed by atoms with Gasteiger partial charge in [0.15, 0.2) is 0 Å². The van der Waals surface area contributed by atoms with E-state index in [1.54, 1.807) is 4.90 Å². The van der Waals surface area contributed by atoms with Crippen LogP contribution >= 0.6 is 0 Å². The van der Waals surface area contributed by atoms with Gasteiger partial charge < -0.3 is 10.2 Å². The van der Waals surface area contributed by atoms with E-state index in [1.807, 2.05) is 62.4 Å². The van der Waals surface area contributed by atoms with Crippen molar-refractivity contribution in [1.29, 1.82) is 0 Å². The molecule has 0 aliphatic heterocycles. The third-order valence-corrected chi connectivity index (χ3v) is 4.70. The molecule has 2 aromatic carbocycles. The summed E-state index contributed by atoms with van der Waals surface area (Å²) in [6.07, 6.45) is 0.872. The molecule has 2 amide bonds. The predicted molar refractivity (Wildman–Crippen MR) is 114 cm³/mol. The van der Waals surface area contributed by atoms with Crippen molar-refractivity contribution in [2.45, 2.75) is 53.1 Å². The molecule has 0 spiro atoms. The van der Waals surface area contributed by atoms with Crippen LogP contribution in [0.1, 0.15) is 43.9 Å². The lowest BCUT2D eigenvalue weighted by Crippen LogP contribution is -2.50. The Kier molecular flexibility index (Phi) is 8.24. The third kappa shape index (κ3) is 6.52. The fourth-order valence-electron chi connectivity index (χ4n) is 3.22. The van der Waals surface area contributed by atoms with Crippen molar-refractivity contribution in [2.75, 3.05) is 6.54 Å². The summed E-state index contributed by atoms with van der Waals surface area (Å²) in [5.74, 6) is 0.260. The molecule has 0 aromatic heterocycles. The van der Waals surface area contributed by atoms with Crippen LogP contribution in [0.3, 0.4) is 0 Å². The molecule has 2 aromatic rings. The quantitative estimate of drug-likeness (QED) is 0.711. The Morgan fingerprint density at radius 1 is 1.00 bits per heavy atom. The summed E-state index contributed by atoms with van der Waals surface area (Å²) in [6.45, 7) is 9.16. The molecule has 1 atom stereocenters. The summed E-state index contributed by atoms with van der Waals surface area (Å²) >= 11 is 0. The molecule has 0 saturated heterocycles. The molecule has 0 radical (unpaired) electrons. The fourth-order valence-corrected chi connectivity index (χ4v) is 3.22. The zero-order valence-electron chi connectivity index (χ0n) is 17.4. The number of rotatable bonds is 9. The molecular weight excluding hydrogens is 348 g/mol. The number of amides is 2. The Hall–Kier alpha value is -2.62.